The molecule has 0 bridgehead atoms. The second-order valence-corrected chi connectivity index (χ2v) is 10.8. The molecule has 0 N–H and O–H groups in total. The van der Waals surface area contributed by atoms with Crippen LogP contribution in [0, 0.1) is 39.8 Å². The fraction of sp³-hybridized carbons (Fsp3) is 0.357. The second-order valence-electron chi connectivity index (χ2n) is 9.28. The largest absolute Gasteiger partial charge is 0.618 e. The van der Waals surface area contributed by atoms with Gasteiger partial charge in [0.05, 0.1) is 25.3 Å². The molecule has 0 aliphatic heterocycles. The molecule has 40 heavy (non-hydrogen) atoms. The molecule has 0 radical (unpaired) electrons. The van der Waals surface area contributed by atoms with E-state index in [-0.39, 0.29) is 0 Å². The second kappa shape index (κ2) is 11.4. The Morgan fingerprint density at radius 2 is 1.45 bits per heavy atom. The van der Waals surface area contributed by atoms with Crippen LogP contribution in [0.2, 0.25) is 0 Å². The number of hydrogen-bond acceptors (Lipinski definition) is 7. The summed E-state index contributed by atoms with van der Waals surface area (Å²) in [5, 5.41) is 14.7. The lowest BCUT2D eigenvalue weighted by Crippen LogP contribution is -2.30. The van der Waals surface area contributed by atoms with Crippen LogP contribution in [0.25, 0.3) is 21.5 Å². The Bertz CT molecular complexity index is 1700. The van der Waals surface area contributed by atoms with Gasteiger partial charge in [0.1, 0.15) is 11.5 Å². The van der Waals surface area contributed by atoms with E-state index >= 15 is 0 Å². The highest BCUT2D eigenvalue weighted by atomic mass is 32.2. The summed E-state index contributed by atoms with van der Waals surface area (Å²) in [5.74, 6) is 0.767. The SMILES string of the molecule is CCc1cc2c(OC)c(C)c(C)cc2c[n+]1[O-].COc1c(C)c(C)cc2cc(OS(=O)(=O)C(F)(F)F)nc(C)c12. The third kappa shape index (κ3) is 5.86. The summed E-state index contributed by atoms with van der Waals surface area (Å²) in [7, 11) is -2.62. The van der Waals surface area contributed by atoms with Crippen LogP contribution in [0.4, 0.5) is 13.2 Å². The Morgan fingerprint density at radius 3 is 1.98 bits per heavy atom. The molecule has 8 nitrogen and oxygen atoms in total. The van der Waals surface area contributed by atoms with Crippen molar-refractivity contribution in [1.82, 2.24) is 4.98 Å². The fourth-order valence-electron chi connectivity index (χ4n) is 4.39. The Balaban J connectivity index is 0.000000230. The molecule has 0 fully saturated rings. The number of hydrogen-bond donors (Lipinski definition) is 0. The highest BCUT2D eigenvalue weighted by Gasteiger charge is 2.49. The number of methoxy groups -OCH3 is 2. The summed E-state index contributed by atoms with van der Waals surface area (Å²) in [4.78, 5) is 3.80. The summed E-state index contributed by atoms with van der Waals surface area (Å²) in [6.45, 7) is 11.2. The average Bonchev–Trinajstić information content (AvgIpc) is 2.85. The minimum Gasteiger partial charge on any atom is -0.618 e. The number of alkyl halides is 3. The number of benzene rings is 2. The zero-order valence-electron chi connectivity index (χ0n) is 23.5. The standard InChI is InChI=1S/C14H14F3NO4S.C14H17NO2/c1-7-5-10-6-11(22-23(19,20)14(15,16)17)18-9(3)12(10)13(21-4)8(7)2;1-5-12-7-13-11(8-15(12)16)6-9(2)10(3)14(13)17-4/h5-6H,1-4H3;6-8H,5H2,1-4H3. The molecule has 4 aromatic rings. The van der Waals surface area contributed by atoms with E-state index in [4.69, 9.17) is 9.47 Å². The lowest BCUT2D eigenvalue weighted by Gasteiger charge is -2.15. The molecule has 0 unspecified atom stereocenters. The van der Waals surface area contributed by atoms with Crippen LogP contribution in [-0.4, -0.2) is 33.1 Å². The van der Waals surface area contributed by atoms with Crippen molar-refractivity contribution in [3.05, 3.63) is 69.3 Å². The predicted octanol–water partition coefficient (Wildman–Crippen LogP) is 6.06. The Hall–Kier alpha value is -3.80. The number of fused-ring (bicyclic) bond motifs is 2. The fourth-order valence-corrected chi connectivity index (χ4v) is 4.79. The summed E-state index contributed by atoms with van der Waals surface area (Å²) in [6, 6.07) is 6.80. The Labute approximate surface area is 231 Å². The highest BCUT2D eigenvalue weighted by molar-refractivity contribution is 7.87. The molecule has 0 saturated heterocycles. The molecule has 4 rings (SSSR count). The van der Waals surface area contributed by atoms with Gasteiger partial charge in [0.25, 0.3) is 0 Å². The van der Waals surface area contributed by atoms with E-state index in [1.54, 1.807) is 26.3 Å². The Kier molecular flexibility index (Phi) is 8.73. The number of ether oxygens (including phenoxy) is 2. The molecule has 0 atom stereocenters. The van der Waals surface area contributed by atoms with Crippen LogP contribution in [0.3, 0.4) is 0 Å². The molecule has 0 amide bonds. The van der Waals surface area contributed by atoms with Gasteiger partial charge in [-0.3, -0.25) is 0 Å². The van der Waals surface area contributed by atoms with Crippen LogP contribution < -0.4 is 18.4 Å². The van der Waals surface area contributed by atoms with Gasteiger partial charge in [0.15, 0.2) is 11.9 Å². The first kappa shape index (κ1) is 30.7. The van der Waals surface area contributed by atoms with Crippen LogP contribution in [-0.2, 0) is 16.5 Å². The summed E-state index contributed by atoms with van der Waals surface area (Å²) in [5.41, 5.74) is -0.484. The van der Waals surface area contributed by atoms with Gasteiger partial charge in [-0.2, -0.15) is 26.3 Å². The van der Waals surface area contributed by atoms with Crippen molar-refractivity contribution < 1.29 is 40.0 Å². The molecule has 2 aromatic heterocycles. The lowest BCUT2D eigenvalue weighted by atomic mass is 10.0. The number of rotatable bonds is 5. The van der Waals surface area contributed by atoms with Crippen molar-refractivity contribution in [2.75, 3.05) is 14.2 Å². The minimum atomic E-state index is -5.76. The number of halogens is 3. The first-order valence-electron chi connectivity index (χ1n) is 12.2. The Morgan fingerprint density at radius 1 is 0.900 bits per heavy atom. The number of pyridine rings is 2. The van der Waals surface area contributed by atoms with Crippen LogP contribution >= 0.6 is 0 Å². The van der Waals surface area contributed by atoms with Crippen molar-refractivity contribution in [1.29, 1.82) is 0 Å². The minimum absolute atomic E-state index is 0.301. The van der Waals surface area contributed by atoms with Gasteiger partial charge in [-0.1, -0.05) is 13.0 Å². The van der Waals surface area contributed by atoms with Gasteiger partial charge < -0.3 is 18.9 Å². The maximum Gasteiger partial charge on any atom is 0.534 e. The monoisotopic (exact) mass is 580 g/mol. The molecule has 12 heteroatoms. The van der Waals surface area contributed by atoms with Gasteiger partial charge in [0.2, 0.25) is 5.88 Å². The summed E-state index contributed by atoms with van der Waals surface area (Å²) >= 11 is 0. The third-order valence-corrected chi connectivity index (χ3v) is 7.65. The van der Waals surface area contributed by atoms with Crippen LogP contribution in [0.15, 0.2) is 30.5 Å². The highest BCUT2D eigenvalue weighted by Crippen LogP contribution is 2.36. The molecule has 0 spiro atoms. The lowest BCUT2D eigenvalue weighted by molar-refractivity contribution is -0.612. The molecule has 216 valence electrons. The molecular formula is C28H31F3N2O6S. The van der Waals surface area contributed by atoms with Crippen LogP contribution in [0.1, 0.15) is 40.6 Å². The van der Waals surface area contributed by atoms with Gasteiger partial charge in [-0.15, -0.1) is 0 Å². The quantitative estimate of drug-likeness (QED) is 0.122. The van der Waals surface area contributed by atoms with Gasteiger partial charge in [-0.25, -0.2) is 4.98 Å². The predicted molar refractivity (Wildman–Crippen MR) is 146 cm³/mol. The maximum atomic E-state index is 12.4. The van der Waals surface area contributed by atoms with E-state index in [0.717, 1.165) is 61.7 Å². The van der Waals surface area contributed by atoms with E-state index in [1.807, 2.05) is 39.8 Å². The van der Waals surface area contributed by atoms with E-state index < -0.39 is 21.5 Å². The molecule has 2 aromatic carbocycles. The number of aromatic nitrogens is 2. The van der Waals surface area contributed by atoms with E-state index in [2.05, 4.69) is 9.17 Å². The zero-order chi connectivity index (χ0) is 30.2. The van der Waals surface area contributed by atoms with Crippen LogP contribution in [0.5, 0.6) is 17.4 Å². The zero-order valence-corrected chi connectivity index (χ0v) is 24.3. The summed E-state index contributed by atoms with van der Waals surface area (Å²) < 4.78 is 75.3. The third-order valence-electron chi connectivity index (χ3n) is 6.70. The maximum absolute atomic E-state index is 12.4. The first-order valence-corrected chi connectivity index (χ1v) is 13.6. The smallest absolute Gasteiger partial charge is 0.534 e. The van der Waals surface area contributed by atoms with E-state index in [1.165, 1.54) is 14.0 Å². The molecule has 0 aliphatic rings. The molecule has 2 heterocycles. The normalized spacial score (nSPS) is 11.8. The van der Waals surface area contributed by atoms with Gasteiger partial charge >= 0.3 is 15.6 Å². The van der Waals surface area contributed by atoms with Gasteiger partial charge in [-0.05, 0) is 68.3 Å². The first-order chi connectivity index (χ1) is 18.6. The topological polar surface area (TPSA) is 102 Å². The van der Waals surface area contributed by atoms with E-state index in [0.29, 0.717) is 22.2 Å². The average molecular weight is 581 g/mol. The van der Waals surface area contributed by atoms with Crippen molar-refractivity contribution in [2.24, 2.45) is 0 Å². The molecule has 0 saturated carbocycles. The van der Waals surface area contributed by atoms with E-state index in [9.17, 15) is 26.8 Å². The summed E-state index contributed by atoms with van der Waals surface area (Å²) in [6.07, 6.45) is 2.35. The van der Waals surface area contributed by atoms with Crippen molar-refractivity contribution in [2.45, 2.75) is 53.5 Å². The van der Waals surface area contributed by atoms with Gasteiger partial charge in [0, 0.05) is 29.3 Å². The number of aryl methyl sites for hydroxylation is 4. The van der Waals surface area contributed by atoms with Crippen molar-refractivity contribution >= 4 is 31.7 Å². The van der Waals surface area contributed by atoms with Crippen molar-refractivity contribution in [3.8, 4) is 17.4 Å². The molecule has 0 aliphatic carbocycles. The number of nitrogens with zero attached hydrogens (tertiary/aromatic N) is 2. The van der Waals surface area contributed by atoms with Crippen molar-refractivity contribution in [3.63, 3.8) is 0 Å². The molecular weight excluding hydrogens is 549 g/mol.